The maximum atomic E-state index is 12.6. The van der Waals surface area contributed by atoms with Gasteiger partial charge < -0.3 is 35.2 Å². The standard InChI is InChI=1S/C23H24N6O2.C12H18N2O.C11H8N4O2.I2.2H2S/c30-20(14-28-8-7-16-3-1-2-4-17(16)12-28)11-24-23(31)21-15-29-13-18(5-6-22(29)27-21)19-9-25-26-10-19;13-7-12(15)9-14-6-5-10-3-1-2-4-11(10)8-14;16-11(17)9-6-15-5-7(1-2-10(15)14-9)8-3-12-13-4-8;1-2;;/h1-6,9-10,13,15,20,30H,7-8,11-12,14H2,(H,24,31)(H,25,26);1-4,12,15H,5-9,13H2;1-6H,(H,12,13)(H,16,17);;2*1H2/t20-;12-;;;;/m00..../s1. The van der Waals surface area contributed by atoms with Gasteiger partial charge in [-0.05, 0) is 59.4 Å². The number of hydrogen-bond donors (Lipinski definition) is 7. The number of rotatable bonds is 11. The normalized spacial score (nSPS) is 13.9. The fourth-order valence-electron chi connectivity index (χ4n) is 7.81. The minimum absolute atomic E-state index is 0. The van der Waals surface area contributed by atoms with Crippen LogP contribution in [0.3, 0.4) is 0 Å². The molecule has 67 heavy (non-hydrogen) atoms. The number of aromatic nitrogens is 8. The number of carbonyl (C=O) groups is 2. The van der Waals surface area contributed by atoms with Gasteiger partial charge in [0.2, 0.25) is 0 Å². The van der Waals surface area contributed by atoms with Gasteiger partial charge >= 0.3 is 5.97 Å². The maximum absolute atomic E-state index is 12.6. The number of carboxylic acids is 1. The number of H-pyrrole nitrogens is 2. The van der Waals surface area contributed by atoms with Gasteiger partial charge in [0.1, 0.15) is 17.0 Å². The molecule has 0 saturated carbocycles. The Balaban J connectivity index is 0.000000198. The summed E-state index contributed by atoms with van der Waals surface area (Å²) in [5.74, 6) is -1.32. The van der Waals surface area contributed by atoms with Crippen LogP contribution < -0.4 is 11.1 Å². The summed E-state index contributed by atoms with van der Waals surface area (Å²) in [6.45, 7) is 5.43. The van der Waals surface area contributed by atoms with Crippen molar-refractivity contribution in [2.24, 2.45) is 5.73 Å². The van der Waals surface area contributed by atoms with E-state index in [4.69, 9.17) is 10.8 Å². The Labute approximate surface area is 424 Å². The molecule has 1 amide bonds. The molecule has 0 spiro atoms. The first kappa shape index (κ1) is 53.1. The number of aliphatic hydroxyl groups is 2. The van der Waals surface area contributed by atoms with E-state index in [0.29, 0.717) is 36.6 Å². The molecule has 6 aromatic heterocycles. The third kappa shape index (κ3) is 14.3. The van der Waals surface area contributed by atoms with Gasteiger partial charge in [-0.25, -0.2) is 14.8 Å². The molecule has 0 fully saturated rings. The van der Waals surface area contributed by atoms with Gasteiger partial charge in [0.25, 0.3) is 5.91 Å². The van der Waals surface area contributed by atoms with Gasteiger partial charge in [-0.1, -0.05) is 48.5 Å². The summed E-state index contributed by atoms with van der Waals surface area (Å²) < 4.78 is 3.50. The van der Waals surface area contributed by atoms with E-state index >= 15 is 0 Å². The fourth-order valence-corrected chi connectivity index (χ4v) is 7.81. The zero-order valence-electron chi connectivity index (χ0n) is 36.3. The smallest absolute Gasteiger partial charge is 0.356 e. The summed E-state index contributed by atoms with van der Waals surface area (Å²) in [6.07, 6.45) is 15.0. The number of nitrogens with one attached hydrogen (secondary N) is 3. The van der Waals surface area contributed by atoms with Gasteiger partial charge in [-0.3, -0.25) is 24.8 Å². The van der Waals surface area contributed by atoms with Crippen LogP contribution in [-0.2, 0) is 25.9 Å². The van der Waals surface area contributed by atoms with E-state index < -0.39 is 18.2 Å². The van der Waals surface area contributed by atoms with Gasteiger partial charge in [-0.15, -0.1) is 0 Å². The van der Waals surface area contributed by atoms with Gasteiger partial charge in [0.15, 0.2) is 5.69 Å². The number of aromatic amines is 2. The van der Waals surface area contributed by atoms with Crippen LogP contribution in [0.4, 0.5) is 0 Å². The SMILES string of the molecule is II.NC[C@H](O)CN1CCc2ccccc2C1.O=C(NC[C@H](O)CN1CCc2ccccc2C1)c1cn2cc(-c3cn[nH]c3)ccc2n1.O=C(O)c1cn2cc(-c3cn[nH]c3)ccc2n1.S.S. The van der Waals surface area contributed by atoms with Crippen LogP contribution in [0.25, 0.3) is 33.5 Å². The molecule has 21 heteroatoms. The zero-order chi connectivity index (χ0) is 45.7. The molecule has 2 atom stereocenters. The average Bonchev–Trinajstić information content (AvgIpc) is 4.19. The van der Waals surface area contributed by atoms with Crippen LogP contribution in [0.2, 0.25) is 0 Å². The Morgan fingerprint density at radius 3 is 1.58 bits per heavy atom. The van der Waals surface area contributed by atoms with Crippen molar-refractivity contribution in [1.82, 2.24) is 54.3 Å². The number of aliphatic hydroxyl groups excluding tert-OH is 2. The van der Waals surface area contributed by atoms with Crippen molar-refractivity contribution < 1.29 is 24.9 Å². The number of amides is 1. The lowest BCUT2D eigenvalue weighted by molar-refractivity contribution is 0.0691. The summed E-state index contributed by atoms with van der Waals surface area (Å²) in [5, 5.41) is 44.9. The first-order valence-corrected chi connectivity index (χ1v) is 27.2. The average molecular weight is 1170 g/mol. The lowest BCUT2D eigenvalue weighted by Gasteiger charge is -2.30. The Hall–Kier alpha value is -4.86. The third-order valence-electron chi connectivity index (χ3n) is 11.1. The molecule has 0 unspecified atom stereocenters. The molecule has 10 rings (SSSR count). The number of nitrogens with zero attached hydrogens (tertiary/aromatic N) is 8. The van der Waals surface area contributed by atoms with Crippen molar-refractivity contribution in [3.05, 3.63) is 156 Å². The number of carbonyl (C=O) groups excluding carboxylic acids is 1. The van der Waals surface area contributed by atoms with Crippen LogP contribution in [0.1, 0.15) is 43.2 Å². The van der Waals surface area contributed by atoms with E-state index in [1.54, 1.807) is 35.3 Å². The van der Waals surface area contributed by atoms with E-state index in [0.717, 1.165) is 61.3 Å². The van der Waals surface area contributed by atoms with Crippen molar-refractivity contribution in [3.63, 3.8) is 0 Å². The topological polar surface area (TPSA) is 231 Å². The van der Waals surface area contributed by atoms with Crippen LogP contribution in [0.5, 0.6) is 0 Å². The summed E-state index contributed by atoms with van der Waals surface area (Å²) in [5.41, 5.74) is 16.4. The number of benzene rings is 2. The number of nitrogens with two attached hydrogens (primary N) is 1. The highest BCUT2D eigenvalue weighted by Crippen LogP contribution is 2.22. The Bertz CT molecular complexity index is 2790. The van der Waals surface area contributed by atoms with E-state index in [1.807, 2.05) is 47.3 Å². The highest BCUT2D eigenvalue weighted by atomic mass is 128. The van der Waals surface area contributed by atoms with Gasteiger partial charge in [0, 0.05) is 149 Å². The Morgan fingerprint density at radius 1 is 0.657 bits per heavy atom. The Morgan fingerprint density at radius 2 is 1.12 bits per heavy atom. The first-order valence-electron chi connectivity index (χ1n) is 20.9. The monoisotopic (exact) mass is 1170 g/mol. The maximum Gasteiger partial charge on any atom is 0.356 e. The molecule has 2 aromatic carbocycles. The highest BCUT2D eigenvalue weighted by Gasteiger charge is 2.20. The Kier molecular flexibility index (Phi) is 20.6. The van der Waals surface area contributed by atoms with Crippen LogP contribution in [-0.4, -0.2) is 128 Å². The number of imidazole rings is 2. The lowest BCUT2D eigenvalue weighted by atomic mass is 10.00. The molecule has 0 radical (unpaired) electrons. The predicted octanol–water partition coefficient (Wildman–Crippen LogP) is 5.66. The van der Waals surface area contributed by atoms with E-state index in [1.165, 1.54) is 28.5 Å². The van der Waals surface area contributed by atoms with Crippen molar-refractivity contribution in [2.75, 3.05) is 39.3 Å². The molecule has 0 bridgehead atoms. The molecule has 8 heterocycles. The van der Waals surface area contributed by atoms with E-state index in [2.05, 4.69) is 125 Å². The summed E-state index contributed by atoms with van der Waals surface area (Å²) in [4.78, 5) is 36.2. The van der Waals surface area contributed by atoms with Crippen LogP contribution in [0.15, 0.2) is 122 Å². The van der Waals surface area contributed by atoms with Crippen molar-refractivity contribution in [2.45, 2.75) is 38.1 Å². The molecule has 2 aliphatic rings. The number of aromatic carboxylic acids is 1. The summed E-state index contributed by atoms with van der Waals surface area (Å²) in [7, 11) is 0. The minimum Gasteiger partial charge on any atom is -0.476 e. The number of β-amino-alcohol motifs (C(OH)–C–C–N with tert-alkyl or cyclic N) is 2. The second-order valence-corrected chi connectivity index (χ2v) is 15.7. The zero-order valence-corrected chi connectivity index (χ0v) is 42.7. The van der Waals surface area contributed by atoms with Crippen LogP contribution >= 0.6 is 64.2 Å². The molecule has 354 valence electrons. The first-order chi connectivity index (χ1) is 31.7. The predicted molar refractivity (Wildman–Crippen MR) is 286 cm³/mol. The minimum atomic E-state index is -1.03. The molecule has 0 saturated heterocycles. The third-order valence-corrected chi connectivity index (χ3v) is 11.1. The molecular formula is C46H54I2N12O5S2. The largest absolute Gasteiger partial charge is 0.476 e. The summed E-state index contributed by atoms with van der Waals surface area (Å²) >= 11 is 4.24. The van der Waals surface area contributed by atoms with Gasteiger partial charge in [0.05, 0.1) is 24.6 Å². The fraction of sp³-hybridized carbons (Fsp3) is 0.261. The molecular weight excluding hydrogens is 1120 g/mol. The van der Waals surface area contributed by atoms with Crippen molar-refractivity contribution >= 4 is 87.4 Å². The number of fused-ring (bicyclic) bond motifs is 4. The number of hydrogen-bond acceptors (Lipinski definition) is 11. The highest BCUT2D eigenvalue weighted by molar-refractivity contribution is 15.0. The van der Waals surface area contributed by atoms with Crippen molar-refractivity contribution in [3.8, 4) is 22.3 Å². The van der Waals surface area contributed by atoms with Gasteiger partial charge in [-0.2, -0.15) is 37.2 Å². The van der Waals surface area contributed by atoms with Crippen molar-refractivity contribution in [1.29, 1.82) is 0 Å². The second kappa shape index (κ2) is 26.0. The molecule has 2 aliphatic heterocycles. The number of pyridine rings is 2. The summed E-state index contributed by atoms with van der Waals surface area (Å²) in [6, 6.07) is 24.4. The van der Waals surface area contributed by atoms with E-state index in [9.17, 15) is 19.8 Å². The van der Waals surface area contributed by atoms with Crippen LogP contribution in [0, 0.1) is 0 Å². The van der Waals surface area contributed by atoms with E-state index in [-0.39, 0.29) is 45.1 Å². The molecule has 8 aromatic rings. The number of halogens is 2. The molecule has 0 aliphatic carbocycles. The second-order valence-electron chi connectivity index (χ2n) is 15.7. The lowest BCUT2D eigenvalue weighted by Crippen LogP contribution is -2.42. The molecule has 8 N–H and O–H groups in total. The quantitative estimate of drug-likeness (QED) is 0.0779. The number of carboxylic acid groups (broad SMARTS) is 1. The molecule has 17 nitrogen and oxygen atoms in total.